The Labute approximate surface area is 213 Å². The van der Waals surface area contributed by atoms with Gasteiger partial charge in [0.15, 0.2) is 5.96 Å². The molecule has 0 spiro atoms. The van der Waals surface area contributed by atoms with Crippen LogP contribution in [0.15, 0.2) is 4.99 Å². The zero-order valence-corrected chi connectivity index (χ0v) is 21.0. The molecule has 2 aliphatic heterocycles. The van der Waals surface area contributed by atoms with E-state index < -0.39 is 42.5 Å². The number of hydrogen-bond donors (Lipinski definition) is 6. The van der Waals surface area contributed by atoms with Gasteiger partial charge in [-0.3, -0.25) is 15.5 Å². The number of nitrogens with zero attached hydrogens (tertiary/aromatic N) is 2. The second kappa shape index (κ2) is 11.6. The van der Waals surface area contributed by atoms with Crippen molar-refractivity contribution in [3.63, 3.8) is 0 Å². The molecule has 0 bridgehead atoms. The molecular formula is C22H36ClF4N7O2. The van der Waals surface area contributed by atoms with E-state index in [0.29, 0.717) is 25.7 Å². The van der Waals surface area contributed by atoms with Gasteiger partial charge >= 0.3 is 6.18 Å². The highest BCUT2D eigenvalue weighted by molar-refractivity contribution is 6.20. The molecule has 2 saturated carbocycles. The van der Waals surface area contributed by atoms with Crippen LogP contribution in [0.1, 0.15) is 51.4 Å². The molecule has 4 rings (SSSR count). The minimum atomic E-state index is -4.58. The van der Waals surface area contributed by atoms with Gasteiger partial charge in [-0.1, -0.05) is 0 Å². The molecule has 2 aliphatic carbocycles. The van der Waals surface area contributed by atoms with Crippen LogP contribution in [0.2, 0.25) is 0 Å². The standard InChI is InChI=1S/C22H36ClF4N7O2/c1-34-10-14(19(33-34)22(25,26)27)20(36)30-21(28-13-4-2-3-12(23)8-13)29-18-9-16(31-32-18)11-5-6-17(35)15(24)7-11/h11-19,31-33,35H,2-10H2,1H3,(H2,28,29,30,36). The number of aliphatic hydroxyl groups is 1. The Kier molecular flexibility index (Phi) is 8.99. The summed E-state index contributed by atoms with van der Waals surface area (Å²) < 4.78 is 54.6. The predicted octanol–water partition coefficient (Wildman–Crippen LogP) is 1.29. The van der Waals surface area contributed by atoms with E-state index in [1.807, 2.05) is 0 Å². The number of hydrazine groups is 2. The second-order valence-corrected chi connectivity index (χ2v) is 11.1. The monoisotopic (exact) mass is 541 g/mol. The Hall–Kier alpha value is -1.25. The lowest BCUT2D eigenvalue weighted by Gasteiger charge is -2.32. The molecule has 6 N–H and O–H groups in total. The van der Waals surface area contributed by atoms with E-state index in [0.717, 1.165) is 19.3 Å². The molecule has 1 amide bonds. The number of rotatable bonds is 4. The van der Waals surface area contributed by atoms with E-state index in [4.69, 9.17) is 11.6 Å². The van der Waals surface area contributed by atoms with Gasteiger partial charge in [-0.25, -0.2) is 25.2 Å². The molecule has 9 nitrogen and oxygen atoms in total. The molecule has 4 fully saturated rings. The number of halogens is 5. The molecular weight excluding hydrogens is 506 g/mol. The van der Waals surface area contributed by atoms with Crippen LogP contribution in [0.5, 0.6) is 0 Å². The molecule has 36 heavy (non-hydrogen) atoms. The highest BCUT2D eigenvalue weighted by atomic mass is 35.5. The lowest BCUT2D eigenvalue weighted by Crippen LogP contribution is -2.53. The summed E-state index contributed by atoms with van der Waals surface area (Å²) in [4.78, 5) is 17.6. The van der Waals surface area contributed by atoms with Crippen molar-refractivity contribution < 1.29 is 27.5 Å². The number of alkyl halides is 5. The van der Waals surface area contributed by atoms with Crippen molar-refractivity contribution in [2.45, 2.75) is 99.5 Å². The minimum absolute atomic E-state index is 0.0186. The number of carbonyl (C=O) groups excluding carboxylic acids is 1. The smallest absolute Gasteiger partial charge is 0.390 e. The number of aliphatic hydroxyl groups excluding tert-OH is 1. The van der Waals surface area contributed by atoms with Crippen LogP contribution in [0.25, 0.3) is 0 Å². The van der Waals surface area contributed by atoms with Gasteiger partial charge in [0, 0.05) is 37.5 Å². The maximum Gasteiger partial charge on any atom is 0.405 e. The molecule has 0 aromatic carbocycles. The Bertz CT molecular complexity index is 807. The fraction of sp³-hybridized carbons (Fsp3) is 0.909. The van der Waals surface area contributed by atoms with E-state index in [-0.39, 0.29) is 42.3 Å². The Morgan fingerprint density at radius 3 is 2.61 bits per heavy atom. The fourth-order valence-electron chi connectivity index (χ4n) is 5.69. The third-order valence-corrected chi connectivity index (χ3v) is 8.06. The summed E-state index contributed by atoms with van der Waals surface area (Å²) in [7, 11) is 1.46. The molecule has 0 aromatic heterocycles. The van der Waals surface area contributed by atoms with Crippen molar-refractivity contribution in [3.05, 3.63) is 0 Å². The van der Waals surface area contributed by atoms with Crippen LogP contribution in [-0.2, 0) is 4.79 Å². The summed E-state index contributed by atoms with van der Waals surface area (Å²) in [5.74, 6) is -1.99. The van der Waals surface area contributed by atoms with Gasteiger partial charge in [0.25, 0.3) is 0 Å². The maximum absolute atomic E-state index is 14.0. The Balaban J connectivity index is 1.44. The number of amides is 1. The van der Waals surface area contributed by atoms with Crippen molar-refractivity contribution in [1.29, 1.82) is 0 Å². The summed E-state index contributed by atoms with van der Waals surface area (Å²) in [6.07, 6.45) is -2.19. The molecule has 9 unspecified atom stereocenters. The Morgan fingerprint density at radius 2 is 1.92 bits per heavy atom. The van der Waals surface area contributed by atoms with E-state index in [1.165, 1.54) is 12.1 Å². The van der Waals surface area contributed by atoms with Crippen molar-refractivity contribution in [2.24, 2.45) is 16.8 Å². The SMILES string of the molecule is CN1CC(C(=O)N/C(=N\C2CC(C3CCC(O)C(F)C3)NN2)NC2CCCC(Cl)C2)C(C(F)(F)F)N1. The normalized spacial score (nSPS) is 40.9. The van der Waals surface area contributed by atoms with Crippen LogP contribution < -0.4 is 26.9 Å². The number of aliphatic imine (C=N–C) groups is 1. The molecule has 0 aromatic rings. The highest BCUT2D eigenvalue weighted by Crippen LogP contribution is 2.32. The van der Waals surface area contributed by atoms with Gasteiger partial charge in [-0.15, -0.1) is 11.6 Å². The lowest BCUT2D eigenvalue weighted by molar-refractivity contribution is -0.168. The first-order chi connectivity index (χ1) is 17.0. The van der Waals surface area contributed by atoms with Crippen molar-refractivity contribution in [1.82, 2.24) is 31.9 Å². The summed E-state index contributed by atoms with van der Waals surface area (Å²) >= 11 is 6.31. The number of carbonyl (C=O) groups is 1. The summed E-state index contributed by atoms with van der Waals surface area (Å²) in [6.45, 7) is -0.0975. The number of nitrogens with one attached hydrogen (secondary N) is 5. The van der Waals surface area contributed by atoms with Gasteiger partial charge in [-0.2, -0.15) is 13.2 Å². The largest absolute Gasteiger partial charge is 0.405 e. The summed E-state index contributed by atoms with van der Waals surface area (Å²) in [5, 5.41) is 16.7. The zero-order chi connectivity index (χ0) is 26.0. The van der Waals surface area contributed by atoms with Gasteiger partial charge < -0.3 is 10.4 Å². The van der Waals surface area contributed by atoms with E-state index >= 15 is 0 Å². The first-order valence-corrected chi connectivity index (χ1v) is 13.1. The van der Waals surface area contributed by atoms with Gasteiger partial charge in [0.1, 0.15) is 18.4 Å². The Morgan fingerprint density at radius 1 is 1.14 bits per heavy atom. The summed E-state index contributed by atoms with van der Waals surface area (Å²) in [6, 6.07) is -2.14. The zero-order valence-electron chi connectivity index (χ0n) is 20.2. The van der Waals surface area contributed by atoms with E-state index in [2.05, 4.69) is 31.9 Å². The third kappa shape index (κ3) is 6.98. The van der Waals surface area contributed by atoms with Crippen LogP contribution >= 0.6 is 11.6 Å². The number of guanidine groups is 1. The van der Waals surface area contributed by atoms with Crippen LogP contribution in [0.4, 0.5) is 17.6 Å². The third-order valence-electron chi connectivity index (χ3n) is 7.66. The average molecular weight is 542 g/mol. The van der Waals surface area contributed by atoms with Crippen molar-refractivity contribution in [2.75, 3.05) is 13.6 Å². The van der Waals surface area contributed by atoms with Crippen molar-refractivity contribution >= 4 is 23.5 Å². The van der Waals surface area contributed by atoms with Crippen LogP contribution in [-0.4, -0.2) is 83.7 Å². The molecule has 14 heteroatoms. The molecule has 206 valence electrons. The maximum atomic E-state index is 14.0. The quantitative estimate of drug-likeness (QED) is 0.138. The fourth-order valence-corrected chi connectivity index (χ4v) is 6.06. The lowest BCUT2D eigenvalue weighted by atomic mass is 9.81. The first-order valence-electron chi connectivity index (χ1n) is 12.7. The second-order valence-electron chi connectivity index (χ2n) is 10.5. The predicted molar refractivity (Wildman–Crippen MR) is 126 cm³/mol. The average Bonchev–Trinajstić information content (AvgIpc) is 3.42. The van der Waals surface area contributed by atoms with Crippen molar-refractivity contribution in [3.8, 4) is 0 Å². The molecule has 4 aliphatic rings. The number of hydrogen-bond acceptors (Lipinski definition) is 7. The molecule has 0 radical (unpaired) electrons. The van der Waals surface area contributed by atoms with Gasteiger partial charge in [0.05, 0.1) is 12.0 Å². The molecule has 2 heterocycles. The first kappa shape index (κ1) is 27.8. The summed E-state index contributed by atoms with van der Waals surface area (Å²) in [5.41, 5.74) is 8.49. The molecule has 2 saturated heterocycles. The highest BCUT2D eigenvalue weighted by Gasteiger charge is 2.52. The van der Waals surface area contributed by atoms with Gasteiger partial charge in [-0.05, 0) is 50.9 Å². The van der Waals surface area contributed by atoms with E-state index in [9.17, 15) is 27.5 Å². The van der Waals surface area contributed by atoms with Gasteiger partial charge in [0.2, 0.25) is 5.91 Å². The van der Waals surface area contributed by atoms with E-state index in [1.54, 1.807) is 0 Å². The van der Waals surface area contributed by atoms with Crippen LogP contribution in [0.3, 0.4) is 0 Å². The topological polar surface area (TPSA) is 113 Å². The minimum Gasteiger partial charge on any atom is -0.390 e. The van der Waals surface area contributed by atoms with Crippen LogP contribution in [0, 0.1) is 11.8 Å². The molecule has 9 atom stereocenters.